The number of rotatable bonds is 13. The summed E-state index contributed by atoms with van der Waals surface area (Å²) in [4.78, 5) is 41.9. The Morgan fingerprint density at radius 3 is 2.72 bits per heavy atom. The van der Waals surface area contributed by atoms with Gasteiger partial charge in [-0.2, -0.15) is 0 Å². The maximum absolute atomic E-state index is 12.3. The van der Waals surface area contributed by atoms with Crippen LogP contribution in [0.25, 0.3) is 0 Å². The predicted molar refractivity (Wildman–Crippen MR) is 142 cm³/mol. The number of likely N-dealkylation sites (N-methyl/N-ethyl adjacent to an activating group) is 1. The minimum atomic E-state index is -0.194. The molecule has 3 rings (SSSR count). The fourth-order valence-electron chi connectivity index (χ4n) is 3.87. The summed E-state index contributed by atoms with van der Waals surface area (Å²) >= 11 is 0. The highest BCUT2D eigenvalue weighted by Crippen LogP contribution is 2.18. The van der Waals surface area contributed by atoms with E-state index in [-0.39, 0.29) is 18.4 Å². The summed E-state index contributed by atoms with van der Waals surface area (Å²) < 4.78 is 0. The number of carbonyl (C=O) groups excluding carboxylic acids is 2. The van der Waals surface area contributed by atoms with Crippen molar-refractivity contribution in [2.45, 2.75) is 46.5 Å². The van der Waals surface area contributed by atoms with Crippen LogP contribution in [0.5, 0.6) is 0 Å². The van der Waals surface area contributed by atoms with Crippen LogP contribution < -0.4 is 10.6 Å². The molecule has 0 spiro atoms. The molecule has 2 aromatic heterocycles. The molecule has 2 amide bonds. The van der Waals surface area contributed by atoms with Crippen molar-refractivity contribution in [1.29, 1.82) is 0 Å². The molecule has 1 saturated heterocycles. The van der Waals surface area contributed by atoms with Crippen molar-refractivity contribution in [2.24, 2.45) is 5.92 Å². The summed E-state index contributed by atoms with van der Waals surface area (Å²) in [5.74, 6) is 0.852. The lowest BCUT2D eigenvalue weighted by Crippen LogP contribution is -2.39. The molecule has 2 N–H and O–H groups in total. The molecule has 0 unspecified atom stereocenters. The van der Waals surface area contributed by atoms with Crippen LogP contribution in [-0.4, -0.2) is 76.3 Å². The highest BCUT2D eigenvalue weighted by atomic mass is 16.2. The summed E-state index contributed by atoms with van der Waals surface area (Å²) in [6, 6.07) is 3.83. The van der Waals surface area contributed by atoms with Crippen LogP contribution in [0, 0.1) is 5.92 Å². The molecule has 0 atom stereocenters. The molecule has 0 saturated carbocycles. The molecule has 0 bridgehead atoms. The third-order valence-corrected chi connectivity index (χ3v) is 5.99. The van der Waals surface area contributed by atoms with Crippen molar-refractivity contribution in [3.63, 3.8) is 0 Å². The topological polar surface area (TPSA) is 103 Å². The molecule has 1 aliphatic heterocycles. The Morgan fingerprint density at radius 2 is 2.03 bits per heavy atom. The highest BCUT2D eigenvalue weighted by molar-refractivity contribution is 5.91. The molecule has 0 aromatic carbocycles. The molecule has 9 heteroatoms. The van der Waals surface area contributed by atoms with Gasteiger partial charge in [-0.3, -0.25) is 24.5 Å². The maximum atomic E-state index is 12.3. The molecule has 3 heterocycles. The van der Waals surface area contributed by atoms with Gasteiger partial charge in [0.25, 0.3) is 0 Å². The number of hydrogen-bond donors (Lipinski definition) is 2. The Kier molecular flexibility index (Phi) is 10.4. The van der Waals surface area contributed by atoms with Crippen LogP contribution >= 0.6 is 0 Å². The molecule has 194 valence electrons. The number of nitrogens with zero attached hydrogens (tertiary/aromatic N) is 5. The number of anilines is 2. The van der Waals surface area contributed by atoms with Crippen LogP contribution in [0.3, 0.4) is 0 Å². The fraction of sp³-hybridized carbons (Fsp3) is 0.519. The third kappa shape index (κ3) is 8.71. The van der Waals surface area contributed by atoms with E-state index in [9.17, 15) is 9.59 Å². The molecule has 0 radical (unpaired) electrons. The standard InChI is InChI=1S/C27H39N7O2/c1-5-23-24(16-20(2)3)32-25(18-30-23)31-22-10-11-28-21(17-22)9-12-29-26(35)19-33(4)27(36)8-6-13-34-14-7-15-34/h6,8,10-11,17-18,20H,5,7,9,12-16,19H2,1-4H3,(H,29,35)(H,28,31,32)/b8-6+. The molecule has 0 aliphatic carbocycles. The zero-order valence-electron chi connectivity index (χ0n) is 22.0. The minimum absolute atomic E-state index is 0.0209. The average Bonchev–Trinajstić information content (AvgIpc) is 2.80. The van der Waals surface area contributed by atoms with E-state index in [1.165, 1.54) is 11.3 Å². The lowest BCUT2D eigenvalue weighted by atomic mass is 10.1. The van der Waals surface area contributed by atoms with E-state index in [1.54, 1.807) is 25.5 Å². The number of aryl methyl sites for hydroxylation is 1. The smallest absolute Gasteiger partial charge is 0.246 e. The first-order valence-electron chi connectivity index (χ1n) is 12.8. The van der Waals surface area contributed by atoms with Crippen molar-refractivity contribution in [2.75, 3.05) is 45.1 Å². The summed E-state index contributed by atoms with van der Waals surface area (Å²) in [5, 5.41) is 6.19. The SMILES string of the molecule is CCc1ncc(Nc2ccnc(CCNC(=O)CN(C)C(=O)/C=C/CN3CCC3)c2)nc1CC(C)C. The number of nitrogens with one attached hydrogen (secondary N) is 2. The Balaban J connectivity index is 1.45. The Bertz CT molecular complexity index is 1050. The first-order valence-corrected chi connectivity index (χ1v) is 12.8. The number of aromatic nitrogens is 3. The summed E-state index contributed by atoms with van der Waals surface area (Å²) in [7, 11) is 1.63. The first kappa shape index (κ1) is 27.3. The van der Waals surface area contributed by atoms with Gasteiger partial charge in [-0.05, 0) is 50.4 Å². The normalized spacial score (nSPS) is 13.6. The summed E-state index contributed by atoms with van der Waals surface area (Å²) in [6.07, 6.45) is 10.5. The van der Waals surface area contributed by atoms with E-state index >= 15 is 0 Å². The van der Waals surface area contributed by atoms with Gasteiger partial charge in [0.1, 0.15) is 5.82 Å². The van der Waals surface area contributed by atoms with E-state index in [2.05, 4.69) is 46.3 Å². The van der Waals surface area contributed by atoms with Crippen LogP contribution in [-0.2, 0) is 28.9 Å². The molecule has 1 fully saturated rings. The van der Waals surface area contributed by atoms with E-state index in [0.717, 1.165) is 55.2 Å². The highest BCUT2D eigenvalue weighted by Gasteiger charge is 2.13. The van der Waals surface area contributed by atoms with Gasteiger partial charge in [0.2, 0.25) is 11.8 Å². The summed E-state index contributed by atoms with van der Waals surface area (Å²) in [5.41, 5.74) is 3.79. The number of hydrogen-bond acceptors (Lipinski definition) is 7. The largest absolute Gasteiger partial charge is 0.354 e. The van der Waals surface area contributed by atoms with Gasteiger partial charge in [-0.1, -0.05) is 26.8 Å². The van der Waals surface area contributed by atoms with Crippen molar-refractivity contribution < 1.29 is 9.59 Å². The lowest BCUT2D eigenvalue weighted by Gasteiger charge is -2.29. The number of pyridine rings is 1. The predicted octanol–water partition coefficient (Wildman–Crippen LogP) is 2.76. The third-order valence-electron chi connectivity index (χ3n) is 5.99. The van der Waals surface area contributed by atoms with E-state index in [4.69, 9.17) is 4.98 Å². The lowest BCUT2D eigenvalue weighted by molar-refractivity contribution is -0.131. The Morgan fingerprint density at radius 1 is 1.22 bits per heavy atom. The van der Waals surface area contributed by atoms with E-state index < -0.39 is 0 Å². The van der Waals surface area contributed by atoms with Crippen molar-refractivity contribution >= 4 is 23.3 Å². The minimum Gasteiger partial charge on any atom is -0.354 e. The average molecular weight is 494 g/mol. The monoisotopic (exact) mass is 493 g/mol. The van der Waals surface area contributed by atoms with Gasteiger partial charge in [-0.25, -0.2) is 4.98 Å². The first-order chi connectivity index (χ1) is 17.3. The molecular weight excluding hydrogens is 454 g/mol. The quantitative estimate of drug-likeness (QED) is 0.414. The van der Waals surface area contributed by atoms with E-state index in [0.29, 0.717) is 24.7 Å². The van der Waals surface area contributed by atoms with E-state index in [1.807, 2.05) is 18.2 Å². The van der Waals surface area contributed by atoms with Crippen LogP contribution in [0.15, 0.2) is 36.7 Å². The van der Waals surface area contributed by atoms with Crippen molar-refractivity contribution in [3.8, 4) is 0 Å². The van der Waals surface area contributed by atoms with Crippen LogP contribution in [0.1, 0.15) is 44.3 Å². The van der Waals surface area contributed by atoms with Gasteiger partial charge >= 0.3 is 0 Å². The maximum Gasteiger partial charge on any atom is 0.246 e. The van der Waals surface area contributed by atoms with Crippen LogP contribution in [0.4, 0.5) is 11.5 Å². The van der Waals surface area contributed by atoms with Gasteiger partial charge in [0, 0.05) is 50.2 Å². The molecule has 36 heavy (non-hydrogen) atoms. The molecular formula is C27H39N7O2. The van der Waals surface area contributed by atoms with Crippen molar-refractivity contribution in [1.82, 2.24) is 30.1 Å². The van der Waals surface area contributed by atoms with Gasteiger partial charge in [0.15, 0.2) is 0 Å². The zero-order valence-corrected chi connectivity index (χ0v) is 22.0. The van der Waals surface area contributed by atoms with Crippen LogP contribution in [0.2, 0.25) is 0 Å². The van der Waals surface area contributed by atoms with Crippen molar-refractivity contribution in [3.05, 3.63) is 53.8 Å². The van der Waals surface area contributed by atoms with Gasteiger partial charge < -0.3 is 15.5 Å². The Labute approximate surface area is 214 Å². The number of amides is 2. The van der Waals surface area contributed by atoms with Gasteiger partial charge in [0.05, 0.1) is 24.1 Å². The number of likely N-dealkylation sites (tertiary alicyclic amines) is 1. The molecule has 2 aromatic rings. The Hall–Kier alpha value is -3.33. The fourth-order valence-corrected chi connectivity index (χ4v) is 3.87. The second-order valence-electron chi connectivity index (χ2n) is 9.61. The second-order valence-corrected chi connectivity index (χ2v) is 9.61. The molecule has 1 aliphatic rings. The summed E-state index contributed by atoms with van der Waals surface area (Å²) in [6.45, 7) is 9.86. The zero-order chi connectivity index (χ0) is 25.9. The second kappa shape index (κ2) is 13.7. The van der Waals surface area contributed by atoms with Gasteiger partial charge in [-0.15, -0.1) is 0 Å². The number of carbonyl (C=O) groups is 2. The molecule has 9 nitrogen and oxygen atoms in total.